The molecule has 9 heteroatoms. The van der Waals surface area contributed by atoms with E-state index in [1.807, 2.05) is 0 Å². The van der Waals surface area contributed by atoms with Gasteiger partial charge in [0.15, 0.2) is 5.82 Å². The van der Waals surface area contributed by atoms with Gasteiger partial charge >= 0.3 is 0 Å². The zero-order chi connectivity index (χ0) is 19.4. The van der Waals surface area contributed by atoms with E-state index < -0.39 is 11.1 Å². The van der Waals surface area contributed by atoms with E-state index in [2.05, 4.69) is 15.5 Å². The number of carbonyl (C=O) groups excluding carboxylic acids is 1. The largest absolute Gasteiger partial charge is 0.497 e. The molecular formula is C18H18FN5O2S. The second kappa shape index (κ2) is 8.09. The van der Waals surface area contributed by atoms with Crippen LogP contribution in [0.25, 0.3) is 11.4 Å². The fourth-order valence-corrected chi connectivity index (χ4v) is 3.11. The molecule has 0 aliphatic heterocycles. The summed E-state index contributed by atoms with van der Waals surface area (Å²) in [6, 6.07) is 13.0. The van der Waals surface area contributed by atoms with Crippen LogP contribution in [0.4, 0.5) is 10.1 Å². The average Bonchev–Trinajstić information content (AvgIpc) is 3.02. The zero-order valence-corrected chi connectivity index (χ0v) is 15.5. The highest BCUT2D eigenvalue weighted by atomic mass is 32.2. The standard InChI is InChI=1S/C18H18FN5O2S/c1-11(17(25)21-14-7-4-8-15(10-14)26-2)27-18-23-22-16(24(18)20)12-5-3-6-13(19)9-12/h3-11H,20H2,1-2H3,(H,21,25)/t11-/m0/s1. The third kappa shape index (κ3) is 4.37. The SMILES string of the molecule is COc1cccc(NC(=O)[C@H](C)Sc2nnc(-c3cccc(F)c3)n2N)c1. The Morgan fingerprint density at radius 3 is 2.78 bits per heavy atom. The molecule has 3 N–H and O–H groups in total. The molecule has 7 nitrogen and oxygen atoms in total. The number of methoxy groups -OCH3 is 1. The van der Waals surface area contributed by atoms with Crippen molar-refractivity contribution in [3.8, 4) is 17.1 Å². The number of anilines is 1. The van der Waals surface area contributed by atoms with E-state index in [4.69, 9.17) is 10.6 Å². The predicted molar refractivity (Wildman–Crippen MR) is 103 cm³/mol. The number of carbonyl (C=O) groups is 1. The quantitative estimate of drug-likeness (QED) is 0.499. The highest BCUT2D eigenvalue weighted by molar-refractivity contribution is 8.00. The van der Waals surface area contributed by atoms with Crippen molar-refractivity contribution in [1.29, 1.82) is 0 Å². The molecule has 0 radical (unpaired) electrons. The van der Waals surface area contributed by atoms with E-state index >= 15 is 0 Å². The number of nitrogen functional groups attached to an aromatic ring is 1. The summed E-state index contributed by atoms with van der Waals surface area (Å²) in [7, 11) is 1.56. The highest BCUT2D eigenvalue weighted by Crippen LogP contribution is 2.26. The summed E-state index contributed by atoms with van der Waals surface area (Å²) in [5.41, 5.74) is 1.13. The van der Waals surface area contributed by atoms with Crippen molar-refractivity contribution >= 4 is 23.4 Å². The Hall–Kier alpha value is -3.07. The molecule has 140 valence electrons. The molecule has 0 fully saturated rings. The van der Waals surface area contributed by atoms with Gasteiger partial charge in [0.2, 0.25) is 11.1 Å². The van der Waals surface area contributed by atoms with E-state index in [-0.39, 0.29) is 5.91 Å². The van der Waals surface area contributed by atoms with Crippen LogP contribution in [0, 0.1) is 5.82 Å². The van der Waals surface area contributed by atoms with E-state index in [9.17, 15) is 9.18 Å². The fraction of sp³-hybridized carbons (Fsp3) is 0.167. The summed E-state index contributed by atoms with van der Waals surface area (Å²) in [5, 5.41) is 10.7. The van der Waals surface area contributed by atoms with Gasteiger partial charge in [0, 0.05) is 17.3 Å². The van der Waals surface area contributed by atoms with Gasteiger partial charge < -0.3 is 15.9 Å². The normalized spacial score (nSPS) is 11.8. The number of rotatable bonds is 6. The number of aromatic nitrogens is 3. The maximum Gasteiger partial charge on any atom is 0.237 e. The predicted octanol–water partition coefficient (Wildman–Crippen LogP) is 2.93. The van der Waals surface area contributed by atoms with E-state index in [1.54, 1.807) is 50.4 Å². The van der Waals surface area contributed by atoms with Crippen LogP contribution in [0.2, 0.25) is 0 Å². The van der Waals surface area contributed by atoms with Gasteiger partial charge in [-0.1, -0.05) is 30.0 Å². The Morgan fingerprint density at radius 2 is 2.04 bits per heavy atom. The first-order valence-electron chi connectivity index (χ1n) is 8.06. The number of nitrogens with zero attached hydrogens (tertiary/aromatic N) is 3. The molecular weight excluding hydrogens is 369 g/mol. The van der Waals surface area contributed by atoms with Crippen LogP contribution in [0.3, 0.4) is 0 Å². The maximum atomic E-state index is 13.4. The lowest BCUT2D eigenvalue weighted by atomic mass is 10.2. The molecule has 3 rings (SSSR count). The van der Waals surface area contributed by atoms with E-state index in [0.717, 1.165) is 11.8 Å². The van der Waals surface area contributed by atoms with Crippen LogP contribution in [0.15, 0.2) is 53.7 Å². The second-order valence-corrected chi connectivity index (χ2v) is 6.98. The molecule has 2 aromatic carbocycles. The fourth-order valence-electron chi connectivity index (χ4n) is 2.34. The first kappa shape index (κ1) is 18.7. The third-order valence-electron chi connectivity index (χ3n) is 3.74. The molecule has 1 aromatic heterocycles. The number of thioether (sulfide) groups is 1. The van der Waals surface area contributed by atoms with Gasteiger partial charge in [0.05, 0.1) is 12.4 Å². The number of amides is 1. The van der Waals surface area contributed by atoms with Crippen LogP contribution in [-0.4, -0.2) is 33.1 Å². The molecule has 0 aliphatic rings. The number of nitrogens with two attached hydrogens (primary N) is 1. The number of halogens is 1. The summed E-state index contributed by atoms with van der Waals surface area (Å²) in [6.07, 6.45) is 0. The van der Waals surface area contributed by atoms with Crippen molar-refractivity contribution < 1.29 is 13.9 Å². The average molecular weight is 387 g/mol. The minimum atomic E-state index is -0.483. The first-order chi connectivity index (χ1) is 13.0. The lowest BCUT2D eigenvalue weighted by molar-refractivity contribution is -0.115. The molecule has 3 aromatic rings. The maximum absolute atomic E-state index is 13.4. The number of hydrogen-bond donors (Lipinski definition) is 2. The Labute approximate surface area is 159 Å². The summed E-state index contributed by atoms with van der Waals surface area (Å²) < 4.78 is 19.8. The summed E-state index contributed by atoms with van der Waals surface area (Å²) in [6.45, 7) is 1.73. The molecule has 0 bridgehead atoms. The monoisotopic (exact) mass is 387 g/mol. The van der Waals surface area contributed by atoms with Gasteiger partial charge in [-0.2, -0.15) is 0 Å². The van der Waals surface area contributed by atoms with Crippen LogP contribution < -0.4 is 15.9 Å². The Bertz CT molecular complexity index is 962. The lowest BCUT2D eigenvalue weighted by Crippen LogP contribution is -2.23. The topological polar surface area (TPSA) is 95.1 Å². The smallest absolute Gasteiger partial charge is 0.237 e. The number of benzene rings is 2. The van der Waals surface area contributed by atoms with Crippen molar-refractivity contribution in [1.82, 2.24) is 14.9 Å². The third-order valence-corrected chi connectivity index (χ3v) is 4.79. The molecule has 0 spiro atoms. The number of ether oxygens (including phenoxy) is 1. The molecule has 0 saturated heterocycles. The molecule has 0 aliphatic carbocycles. The van der Waals surface area contributed by atoms with Crippen LogP contribution >= 0.6 is 11.8 Å². The van der Waals surface area contributed by atoms with Crippen molar-refractivity contribution in [2.24, 2.45) is 0 Å². The molecule has 1 amide bonds. The van der Waals surface area contributed by atoms with Gasteiger partial charge in [-0.05, 0) is 31.2 Å². The van der Waals surface area contributed by atoms with Gasteiger partial charge in [-0.3, -0.25) is 4.79 Å². The van der Waals surface area contributed by atoms with Gasteiger partial charge in [-0.15, -0.1) is 10.2 Å². The zero-order valence-electron chi connectivity index (χ0n) is 14.7. The Morgan fingerprint density at radius 1 is 1.26 bits per heavy atom. The lowest BCUT2D eigenvalue weighted by Gasteiger charge is -2.12. The number of hydrogen-bond acceptors (Lipinski definition) is 6. The Kier molecular flexibility index (Phi) is 5.60. The minimum absolute atomic E-state index is 0.219. The van der Waals surface area contributed by atoms with Crippen LogP contribution in [-0.2, 0) is 4.79 Å². The summed E-state index contributed by atoms with van der Waals surface area (Å²) in [5.74, 6) is 6.38. The van der Waals surface area contributed by atoms with Crippen molar-refractivity contribution in [3.63, 3.8) is 0 Å². The van der Waals surface area contributed by atoms with Gasteiger partial charge in [0.25, 0.3) is 0 Å². The summed E-state index contributed by atoms with van der Waals surface area (Å²) in [4.78, 5) is 12.4. The van der Waals surface area contributed by atoms with E-state index in [1.165, 1.54) is 16.8 Å². The highest BCUT2D eigenvalue weighted by Gasteiger charge is 2.20. The number of nitrogens with one attached hydrogen (secondary N) is 1. The second-order valence-electron chi connectivity index (χ2n) is 5.67. The van der Waals surface area contributed by atoms with Crippen molar-refractivity contribution in [2.45, 2.75) is 17.3 Å². The van der Waals surface area contributed by atoms with Gasteiger partial charge in [-0.25, -0.2) is 9.07 Å². The molecule has 1 heterocycles. The van der Waals surface area contributed by atoms with Crippen LogP contribution in [0.1, 0.15) is 6.92 Å². The molecule has 1 atom stereocenters. The molecule has 0 unspecified atom stereocenters. The van der Waals surface area contributed by atoms with Crippen molar-refractivity contribution in [3.05, 3.63) is 54.3 Å². The molecule has 0 saturated carbocycles. The summed E-state index contributed by atoms with van der Waals surface area (Å²) >= 11 is 1.15. The van der Waals surface area contributed by atoms with Gasteiger partial charge in [0.1, 0.15) is 11.6 Å². The molecule has 27 heavy (non-hydrogen) atoms. The first-order valence-corrected chi connectivity index (χ1v) is 8.94. The van der Waals surface area contributed by atoms with Crippen molar-refractivity contribution in [2.75, 3.05) is 18.3 Å². The van der Waals surface area contributed by atoms with Crippen LogP contribution in [0.5, 0.6) is 5.75 Å². The minimum Gasteiger partial charge on any atom is -0.497 e. The Balaban J connectivity index is 1.70. The van der Waals surface area contributed by atoms with E-state index in [0.29, 0.717) is 28.0 Å².